The molecule has 1 aromatic heterocycles. The number of hydrogen-bond donors (Lipinski definition) is 1. The Morgan fingerprint density at radius 1 is 1.32 bits per heavy atom. The fraction of sp³-hybridized carbons (Fsp3) is 0.500. The third-order valence-corrected chi connectivity index (χ3v) is 5.41. The maximum atomic E-state index is 13.1. The minimum Gasteiger partial charge on any atom is -0.331 e. The Morgan fingerprint density at radius 2 is 2.12 bits per heavy atom. The molecule has 0 radical (unpaired) electrons. The first kappa shape index (κ1) is 16.2. The highest BCUT2D eigenvalue weighted by atomic mass is 16.2. The molecule has 2 aliphatic rings. The van der Waals surface area contributed by atoms with Crippen LogP contribution in [-0.2, 0) is 13.5 Å². The maximum absolute atomic E-state index is 13.1. The van der Waals surface area contributed by atoms with Gasteiger partial charge in [-0.2, -0.15) is 5.10 Å². The lowest BCUT2D eigenvalue weighted by atomic mass is 9.87. The van der Waals surface area contributed by atoms with Gasteiger partial charge in [-0.1, -0.05) is 24.3 Å². The standard InChI is InChI=1S/C20H26N4O/c1-14(16-12-21-23(2)13-16)22-20(25)24(17-10-11-17)19-9-5-7-15-6-3-4-8-18(15)19/h3-4,6,8,12-14,17,19H,5,7,9-11H2,1-2H3,(H,22,25)/t14-,19+/m1/s1. The fourth-order valence-corrected chi connectivity index (χ4v) is 3.94. The number of fused-ring (bicyclic) bond motifs is 1. The van der Waals surface area contributed by atoms with E-state index in [1.807, 2.05) is 26.4 Å². The summed E-state index contributed by atoms with van der Waals surface area (Å²) in [4.78, 5) is 15.2. The van der Waals surface area contributed by atoms with E-state index in [1.165, 1.54) is 11.1 Å². The van der Waals surface area contributed by atoms with E-state index in [1.54, 1.807) is 4.68 Å². The summed E-state index contributed by atoms with van der Waals surface area (Å²) in [5.41, 5.74) is 3.78. The van der Waals surface area contributed by atoms with E-state index in [0.29, 0.717) is 6.04 Å². The number of hydrogen-bond acceptors (Lipinski definition) is 2. The predicted octanol–water partition coefficient (Wildman–Crippen LogP) is 3.73. The monoisotopic (exact) mass is 338 g/mol. The quantitative estimate of drug-likeness (QED) is 0.923. The molecular formula is C20H26N4O. The normalized spacial score (nSPS) is 20.6. The van der Waals surface area contributed by atoms with Crippen molar-refractivity contribution in [2.45, 2.75) is 57.2 Å². The second-order valence-corrected chi connectivity index (χ2v) is 7.36. The van der Waals surface area contributed by atoms with Crippen molar-refractivity contribution in [2.75, 3.05) is 0 Å². The molecule has 0 aliphatic heterocycles. The molecule has 1 N–H and O–H groups in total. The SMILES string of the molecule is C[C@@H](NC(=O)N(C1CC1)[C@H]1CCCc2ccccc21)c1cnn(C)c1. The van der Waals surface area contributed by atoms with Crippen molar-refractivity contribution in [1.82, 2.24) is 20.0 Å². The number of benzene rings is 1. The summed E-state index contributed by atoms with van der Waals surface area (Å²) in [7, 11) is 1.90. The summed E-state index contributed by atoms with van der Waals surface area (Å²) in [5, 5.41) is 7.40. The lowest BCUT2D eigenvalue weighted by molar-refractivity contribution is 0.159. The number of urea groups is 1. The number of carbonyl (C=O) groups is 1. The first-order chi connectivity index (χ1) is 12.1. The van der Waals surface area contributed by atoms with Gasteiger partial charge in [-0.05, 0) is 50.2 Å². The first-order valence-electron chi connectivity index (χ1n) is 9.28. The Kier molecular flexibility index (Phi) is 4.24. The van der Waals surface area contributed by atoms with Crippen LogP contribution in [0.25, 0.3) is 0 Å². The van der Waals surface area contributed by atoms with Crippen LogP contribution in [-0.4, -0.2) is 26.8 Å². The molecule has 132 valence electrons. The van der Waals surface area contributed by atoms with Gasteiger partial charge in [0, 0.05) is 24.8 Å². The zero-order valence-corrected chi connectivity index (χ0v) is 15.0. The molecule has 2 aromatic rings. The Bertz CT molecular complexity index is 765. The Labute approximate surface area is 149 Å². The summed E-state index contributed by atoms with van der Waals surface area (Å²) in [6.45, 7) is 2.02. The smallest absolute Gasteiger partial charge is 0.318 e. The average molecular weight is 338 g/mol. The minimum atomic E-state index is -0.0405. The number of aromatic nitrogens is 2. The predicted molar refractivity (Wildman–Crippen MR) is 97.1 cm³/mol. The summed E-state index contributed by atoms with van der Waals surface area (Å²) >= 11 is 0. The van der Waals surface area contributed by atoms with Crippen LogP contribution in [0, 0.1) is 0 Å². The van der Waals surface area contributed by atoms with Crippen molar-refractivity contribution in [3.05, 3.63) is 53.3 Å². The molecule has 2 atom stereocenters. The summed E-state index contributed by atoms with van der Waals surface area (Å²) < 4.78 is 1.77. The summed E-state index contributed by atoms with van der Waals surface area (Å²) in [5.74, 6) is 0. The molecule has 1 saturated carbocycles. The molecule has 0 saturated heterocycles. The van der Waals surface area contributed by atoms with Gasteiger partial charge in [0.05, 0.1) is 18.3 Å². The highest BCUT2D eigenvalue weighted by Crippen LogP contribution is 2.40. The zero-order chi connectivity index (χ0) is 17.4. The second-order valence-electron chi connectivity index (χ2n) is 7.36. The van der Waals surface area contributed by atoms with Crippen LogP contribution in [0.1, 0.15) is 61.4 Å². The van der Waals surface area contributed by atoms with Gasteiger partial charge >= 0.3 is 6.03 Å². The Morgan fingerprint density at radius 3 is 2.84 bits per heavy atom. The van der Waals surface area contributed by atoms with Crippen LogP contribution in [0.2, 0.25) is 0 Å². The number of aryl methyl sites for hydroxylation is 2. The van der Waals surface area contributed by atoms with E-state index in [2.05, 4.69) is 39.6 Å². The van der Waals surface area contributed by atoms with Gasteiger partial charge < -0.3 is 10.2 Å². The number of rotatable bonds is 4. The zero-order valence-electron chi connectivity index (χ0n) is 15.0. The van der Waals surface area contributed by atoms with E-state index in [0.717, 1.165) is 37.7 Å². The minimum absolute atomic E-state index is 0.0405. The topological polar surface area (TPSA) is 50.2 Å². The molecule has 0 bridgehead atoms. The van der Waals surface area contributed by atoms with Gasteiger partial charge in [-0.15, -0.1) is 0 Å². The number of nitrogens with one attached hydrogen (secondary N) is 1. The van der Waals surface area contributed by atoms with Crippen molar-refractivity contribution in [1.29, 1.82) is 0 Å². The lowest BCUT2D eigenvalue weighted by Crippen LogP contribution is -2.45. The molecule has 25 heavy (non-hydrogen) atoms. The van der Waals surface area contributed by atoms with E-state index >= 15 is 0 Å². The van der Waals surface area contributed by atoms with Crippen molar-refractivity contribution in [2.24, 2.45) is 7.05 Å². The molecule has 1 aromatic carbocycles. The van der Waals surface area contributed by atoms with Gasteiger partial charge in [0.2, 0.25) is 0 Å². The number of amides is 2. The molecule has 0 unspecified atom stereocenters. The van der Waals surface area contributed by atoms with Crippen LogP contribution in [0.5, 0.6) is 0 Å². The van der Waals surface area contributed by atoms with Crippen molar-refractivity contribution in [3.8, 4) is 0 Å². The molecule has 5 heteroatoms. The second kappa shape index (κ2) is 6.54. The van der Waals surface area contributed by atoms with Gasteiger partial charge in [0.1, 0.15) is 0 Å². The first-order valence-corrected chi connectivity index (χ1v) is 9.28. The van der Waals surface area contributed by atoms with Crippen molar-refractivity contribution in [3.63, 3.8) is 0 Å². The molecule has 2 aliphatic carbocycles. The van der Waals surface area contributed by atoms with E-state index < -0.39 is 0 Å². The van der Waals surface area contributed by atoms with Gasteiger partial charge in [-0.3, -0.25) is 4.68 Å². The third kappa shape index (κ3) is 3.28. The van der Waals surface area contributed by atoms with E-state index in [9.17, 15) is 4.79 Å². The van der Waals surface area contributed by atoms with Crippen molar-refractivity contribution >= 4 is 6.03 Å². The number of nitrogens with zero attached hydrogens (tertiary/aromatic N) is 3. The van der Waals surface area contributed by atoms with Crippen LogP contribution >= 0.6 is 0 Å². The van der Waals surface area contributed by atoms with Crippen LogP contribution in [0.15, 0.2) is 36.7 Å². The van der Waals surface area contributed by atoms with Crippen LogP contribution in [0.4, 0.5) is 4.79 Å². The van der Waals surface area contributed by atoms with E-state index in [4.69, 9.17) is 0 Å². The summed E-state index contributed by atoms with van der Waals surface area (Å²) in [6, 6.07) is 9.22. The van der Waals surface area contributed by atoms with E-state index in [-0.39, 0.29) is 18.1 Å². The van der Waals surface area contributed by atoms with Crippen LogP contribution < -0.4 is 5.32 Å². The maximum Gasteiger partial charge on any atom is 0.318 e. The lowest BCUT2D eigenvalue weighted by Gasteiger charge is -2.36. The molecule has 5 nitrogen and oxygen atoms in total. The molecule has 1 fully saturated rings. The summed E-state index contributed by atoms with van der Waals surface area (Å²) in [6.07, 6.45) is 9.35. The van der Waals surface area contributed by atoms with Gasteiger partial charge in [-0.25, -0.2) is 4.79 Å². The van der Waals surface area contributed by atoms with Crippen LogP contribution in [0.3, 0.4) is 0 Å². The largest absolute Gasteiger partial charge is 0.331 e. The van der Waals surface area contributed by atoms with Gasteiger partial charge in [0.25, 0.3) is 0 Å². The van der Waals surface area contributed by atoms with Crippen molar-refractivity contribution < 1.29 is 4.79 Å². The highest BCUT2D eigenvalue weighted by molar-refractivity contribution is 5.76. The molecule has 2 amide bonds. The fourth-order valence-electron chi connectivity index (χ4n) is 3.94. The Balaban J connectivity index is 1.55. The Hall–Kier alpha value is -2.30. The number of carbonyl (C=O) groups excluding carboxylic acids is 1. The highest BCUT2D eigenvalue weighted by Gasteiger charge is 2.39. The molecule has 0 spiro atoms. The molecule has 1 heterocycles. The average Bonchev–Trinajstić information content (AvgIpc) is 3.34. The molecular weight excluding hydrogens is 312 g/mol. The van der Waals surface area contributed by atoms with Gasteiger partial charge in [0.15, 0.2) is 0 Å². The third-order valence-electron chi connectivity index (χ3n) is 5.41. The molecule has 4 rings (SSSR count).